The maximum atomic E-state index is 14.9. The molecule has 1 aromatic heterocycles. The molecule has 2 aromatic rings. The Kier molecular flexibility index (Phi) is 7.68. The van der Waals surface area contributed by atoms with Gasteiger partial charge in [0.1, 0.15) is 22.3 Å². The predicted octanol–water partition coefficient (Wildman–Crippen LogP) is 5.71. The molecule has 0 saturated carbocycles. The molecule has 1 fully saturated rings. The van der Waals surface area contributed by atoms with Crippen LogP contribution in [0, 0.1) is 15.9 Å². The minimum atomic E-state index is -1.49. The Labute approximate surface area is 218 Å². The molecule has 35 heavy (non-hydrogen) atoms. The third kappa shape index (κ3) is 5.39. The summed E-state index contributed by atoms with van der Waals surface area (Å²) in [4.78, 5) is 41.8. The van der Waals surface area contributed by atoms with Crippen molar-refractivity contribution < 1.29 is 28.4 Å². The van der Waals surface area contributed by atoms with Crippen LogP contribution in [0.4, 0.5) is 20.6 Å². The van der Waals surface area contributed by atoms with E-state index >= 15 is 0 Å². The number of nitro groups is 1. The third-order valence-electron chi connectivity index (χ3n) is 5.44. The second-order valence-corrected chi connectivity index (χ2v) is 10.5. The van der Waals surface area contributed by atoms with E-state index < -0.39 is 44.8 Å². The Bertz CT molecular complexity index is 1210. The smallest absolute Gasteiger partial charge is 0.410 e. The molecule has 10 nitrogen and oxygen atoms in total. The van der Waals surface area contributed by atoms with Crippen LogP contribution in [0.2, 0.25) is 10.2 Å². The molecule has 0 aliphatic carbocycles. The molecule has 0 atom stereocenters. The summed E-state index contributed by atoms with van der Waals surface area (Å²) in [6.07, 6.45) is -0.521. The fourth-order valence-corrected chi connectivity index (χ4v) is 4.51. The number of hydrogen-bond acceptors (Lipinski definition) is 8. The average molecular weight is 596 g/mol. The topological polar surface area (TPSA) is 124 Å². The van der Waals surface area contributed by atoms with E-state index in [-0.39, 0.29) is 52.0 Å². The van der Waals surface area contributed by atoms with Gasteiger partial charge in [0.2, 0.25) is 5.15 Å². The number of halogens is 4. The first-order valence-corrected chi connectivity index (χ1v) is 11.9. The highest BCUT2D eigenvalue weighted by molar-refractivity contribution is 9.10. The van der Waals surface area contributed by atoms with Crippen molar-refractivity contribution in [1.82, 2.24) is 9.88 Å². The SMILES string of the molecule is COC(=O)C1(Nc2c([N+](=O)[O-])c(Cl)nc3c(F)c(Br)c(Cl)cc23)CCN(C(=O)OC(C)(C)C)CC1. The summed E-state index contributed by atoms with van der Waals surface area (Å²) in [6, 6.07) is 1.28. The molecule has 0 spiro atoms. The van der Waals surface area contributed by atoms with Gasteiger partial charge in [0.15, 0.2) is 5.82 Å². The van der Waals surface area contributed by atoms with E-state index in [2.05, 4.69) is 26.2 Å². The van der Waals surface area contributed by atoms with Crippen LogP contribution in [0.15, 0.2) is 10.5 Å². The normalized spacial score (nSPS) is 15.6. The molecule has 2 heterocycles. The molecule has 190 valence electrons. The first-order chi connectivity index (χ1) is 16.2. The molecule has 0 radical (unpaired) electrons. The Morgan fingerprint density at radius 1 is 1.31 bits per heavy atom. The van der Waals surface area contributed by atoms with Crippen molar-refractivity contribution in [3.05, 3.63) is 36.6 Å². The van der Waals surface area contributed by atoms with Crippen LogP contribution in [0.5, 0.6) is 0 Å². The molecular formula is C21H22BrCl2FN4O6. The second kappa shape index (κ2) is 9.90. The van der Waals surface area contributed by atoms with Crippen molar-refractivity contribution in [1.29, 1.82) is 0 Å². The minimum absolute atomic E-state index is 0.0181. The Morgan fingerprint density at radius 3 is 2.43 bits per heavy atom. The average Bonchev–Trinajstić information content (AvgIpc) is 2.76. The van der Waals surface area contributed by atoms with E-state index in [1.165, 1.54) is 18.1 Å². The Balaban J connectivity index is 2.10. The van der Waals surface area contributed by atoms with Gasteiger partial charge < -0.3 is 19.7 Å². The van der Waals surface area contributed by atoms with Gasteiger partial charge in [-0.2, -0.15) is 0 Å². The van der Waals surface area contributed by atoms with E-state index in [1.807, 2.05) is 0 Å². The van der Waals surface area contributed by atoms with Gasteiger partial charge in [0, 0.05) is 18.5 Å². The summed E-state index contributed by atoms with van der Waals surface area (Å²) in [5.74, 6) is -1.60. The first kappa shape index (κ1) is 27.2. The highest BCUT2D eigenvalue weighted by atomic mass is 79.9. The first-order valence-electron chi connectivity index (χ1n) is 10.4. The molecule has 1 amide bonds. The van der Waals surface area contributed by atoms with Crippen molar-refractivity contribution in [3.63, 3.8) is 0 Å². The lowest BCUT2D eigenvalue weighted by Crippen LogP contribution is -2.56. The maximum absolute atomic E-state index is 14.9. The standard InChI is InChI=1S/C21H22BrCl2FN4O6/c1-20(2,3)35-19(31)28-7-5-21(6-8-28,18(30)34-4)27-15-10-9-11(23)12(22)13(25)14(10)26-17(24)16(15)29(32)33/h9H,5-8H2,1-4H3,(H,26,27). The van der Waals surface area contributed by atoms with Gasteiger partial charge in [-0.05, 0) is 55.6 Å². The Hall–Kier alpha value is -2.44. The van der Waals surface area contributed by atoms with Gasteiger partial charge in [0.05, 0.1) is 21.5 Å². The Morgan fingerprint density at radius 2 is 1.91 bits per heavy atom. The lowest BCUT2D eigenvalue weighted by atomic mass is 9.86. The number of rotatable bonds is 4. The van der Waals surface area contributed by atoms with E-state index in [4.69, 9.17) is 32.7 Å². The molecular weight excluding hydrogens is 574 g/mol. The van der Waals surface area contributed by atoms with Gasteiger partial charge >= 0.3 is 17.7 Å². The molecule has 0 bridgehead atoms. The molecule has 0 unspecified atom stereocenters. The van der Waals surface area contributed by atoms with Crippen LogP contribution in [-0.2, 0) is 14.3 Å². The predicted molar refractivity (Wildman–Crippen MR) is 131 cm³/mol. The quantitative estimate of drug-likeness (QED) is 0.157. The van der Waals surface area contributed by atoms with Gasteiger partial charge in [-0.15, -0.1) is 0 Å². The van der Waals surface area contributed by atoms with Gasteiger partial charge in [-0.25, -0.2) is 19.0 Å². The molecule has 1 aliphatic heterocycles. The van der Waals surface area contributed by atoms with Crippen LogP contribution >= 0.6 is 39.1 Å². The number of methoxy groups -OCH3 is 1. The van der Waals surface area contributed by atoms with Crippen molar-refractivity contribution >= 4 is 73.5 Å². The molecule has 1 saturated heterocycles. The number of fused-ring (bicyclic) bond motifs is 1. The number of ether oxygens (including phenoxy) is 2. The number of nitrogens with one attached hydrogen (secondary N) is 1. The summed E-state index contributed by atoms with van der Waals surface area (Å²) < 4.78 is 25.2. The molecule has 1 N–H and O–H groups in total. The van der Waals surface area contributed by atoms with Crippen LogP contribution in [-0.4, -0.2) is 58.2 Å². The van der Waals surface area contributed by atoms with E-state index in [0.717, 1.165) is 0 Å². The largest absolute Gasteiger partial charge is 0.467 e. The number of carbonyl (C=O) groups is 2. The number of piperidine rings is 1. The van der Waals surface area contributed by atoms with Crippen molar-refractivity contribution in [2.24, 2.45) is 0 Å². The summed E-state index contributed by atoms with van der Waals surface area (Å²) in [6.45, 7) is 5.37. The zero-order chi connectivity index (χ0) is 26.3. The third-order valence-corrected chi connectivity index (χ3v) is 7.00. The summed E-state index contributed by atoms with van der Waals surface area (Å²) in [5, 5.41) is 14.1. The van der Waals surface area contributed by atoms with Crippen molar-refractivity contribution in [3.8, 4) is 0 Å². The number of pyridine rings is 1. The summed E-state index contributed by atoms with van der Waals surface area (Å²) in [5.41, 5.74) is -3.39. The van der Waals surface area contributed by atoms with Crippen LogP contribution in [0.3, 0.4) is 0 Å². The van der Waals surface area contributed by atoms with E-state index in [1.54, 1.807) is 20.8 Å². The summed E-state index contributed by atoms with van der Waals surface area (Å²) >= 11 is 15.2. The maximum Gasteiger partial charge on any atom is 0.410 e. The highest BCUT2D eigenvalue weighted by Crippen LogP contribution is 2.44. The highest BCUT2D eigenvalue weighted by Gasteiger charge is 2.46. The second-order valence-electron chi connectivity index (χ2n) is 8.93. The molecule has 14 heteroatoms. The minimum Gasteiger partial charge on any atom is -0.467 e. The molecule has 1 aliphatic rings. The molecule has 1 aromatic carbocycles. The number of benzene rings is 1. The zero-order valence-electron chi connectivity index (χ0n) is 19.2. The number of aromatic nitrogens is 1. The zero-order valence-corrected chi connectivity index (χ0v) is 22.3. The number of nitrogens with zero attached hydrogens (tertiary/aromatic N) is 3. The number of anilines is 1. The van der Waals surface area contributed by atoms with Crippen molar-refractivity contribution in [2.75, 3.05) is 25.5 Å². The van der Waals surface area contributed by atoms with Crippen LogP contribution in [0.1, 0.15) is 33.6 Å². The van der Waals surface area contributed by atoms with E-state index in [0.29, 0.717) is 0 Å². The van der Waals surface area contributed by atoms with Gasteiger partial charge in [0.25, 0.3) is 0 Å². The number of likely N-dealkylation sites (tertiary alicyclic amines) is 1. The monoisotopic (exact) mass is 594 g/mol. The van der Waals surface area contributed by atoms with Crippen molar-refractivity contribution in [2.45, 2.75) is 44.8 Å². The van der Waals surface area contributed by atoms with Gasteiger partial charge in [-0.3, -0.25) is 10.1 Å². The molecule has 3 rings (SSSR count). The van der Waals surface area contributed by atoms with Gasteiger partial charge in [-0.1, -0.05) is 23.2 Å². The lowest BCUT2D eigenvalue weighted by Gasteiger charge is -2.40. The fraction of sp³-hybridized carbons (Fsp3) is 0.476. The number of amides is 1. The fourth-order valence-electron chi connectivity index (χ4n) is 3.77. The van der Waals surface area contributed by atoms with E-state index in [9.17, 15) is 24.1 Å². The number of esters is 1. The number of hydrogen-bond donors (Lipinski definition) is 1. The van der Waals surface area contributed by atoms with Crippen LogP contribution in [0.25, 0.3) is 10.9 Å². The number of carbonyl (C=O) groups excluding carboxylic acids is 2. The summed E-state index contributed by atoms with van der Waals surface area (Å²) in [7, 11) is 1.17. The lowest BCUT2D eigenvalue weighted by molar-refractivity contribution is -0.384. The van der Waals surface area contributed by atoms with Crippen LogP contribution < -0.4 is 5.32 Å².